The van der Waals surface area contributed by atoms with Crippen molar-refractivity contribution >= 4 is 0 Å². The number of ether oxygens (including phenoxy) is 1. The van der Waals surface area contributed by atoms with Crippen LogP contribution >= 0.6 is 0 Å². The van der Waals surface area contributed by atoms with E-state index in [0.29, 0.717) is 25.3 Å². The summed E-state index contributed by atoms with van der Waals surface area (Å²) in [4.78, 5) is 4.50. The number of benzene rings is 1. The van der Waals surface area contributed by atoms with Crippen LogP contribution in [0, 0.1) is 11.6 Å². The summed E-state index contributed by atoms with van der Waals surface area (Å²) >= 11 is 0. The summed E-state index contributed by atoms with van der Waals surface area (Å²) in [5, 5.41) is 2.86. The van der Waals surface area contributed by atoms with Crippen LogP contribution in [0.15, 0.2) is 12.1 Å². The zero-order valence-corrected chi connectivity index (χ0v) is 12.7. The number of hydrogen-bond acceptors (Lipinski definition) is 4. The standard InChI is InChI=1S/C15H23F2N3O/c1-18-11-12-9-13(16)15(14(17)10-12)21-8-7-20-5-3-19(2)4-6-20/h9-10,18H,3-8,11H2,1-2H3. The second-order valence-corrected chi connectivity index (χ2v) is 5.41. The summed E-state index contributed by atoms with van der Waals surface area (Å²) in [6.07, 6.45) is 0. The number of nitrogens with one attached hydrogen (secondary N) is 1. The molecule has 0 saturated carbocycles. The van der Waals surface area contributed by atoms with Crippen molar-refractivity contribution in [2.75, 3.05) is 53.4 Å². The summed E-state index contributed by atoms with van der Waals surface area (Å²) in [7, 11) is 3.82. The average molecular weight is 299 g/mol. The molecule has 4 nitrogen and oxygen atoms in total. The van der Waals surface area contributed by atoms with E-state index in [1.807, 2.05) is 0 Å². The molecule has 0 bridgehead atoms. The van der Waals surface area contributed by atoms with E-state index >= 15 is 0 Å². The average Bonchev–Trinajstić information content (AvgIpc) is 2.44. The Balaban J connectivity index is 1.85. The van der Waals surface area contributed by atoms with Crippen LogP contribution in [0.3, 0.4) is 0 Å². The van der Waals surface area contributed by atoms with Gasteiger partial charge in [-0.1, -0.05) is 0 Å². The number of halogens is 2. The molecule has 1 aromatic rings. The molecule has 0 unspecified atom stereocenters. The molecule has 0 amide bonds. The quantitative estimate of drug-likeness (QED) is 0.857. The van der Waals surface area contributed by atoms with Crippen LogP contribution in [-0.2, 0) is 6.54 Å². The number of piperazine rings is 1. The van der Waals surface area contributed by atoms with Gasteiger partial charge in [0.2, 0.25) is 0 Å². The Bertz CT molecular complexity index is 439. The number of rotatable bonds is 6. The monoisotopic (exact) mass is 299 g/mol. The maximum absolute atomic E-state index is 13.8. The maximum atomic E-state index is 13.8. The van der Waals surface area contributed by atoms with Crippen LogP contribution < -0.4 is 10.1 Å². The maximum Gasteiger partial charge on any atom is 0.190 e. The molecule has 0 aliphatic carbocycles. The molecule has 1 fully saturated rings. The van der Waals surface area contributed by atoms with Gasteiger partial charge in [0.05, 0.1) is 0 Å². The molecule has 21 heavy (non-hydrogen) atoms. The first-order valence-corrected chi connectivity index (χ1v) is 7.26. The highest BCUT2D eigenvalue weighted by Gasteiger charge is 2.15. The van der Waals surface area contributed by atoms with E-state index in [4.69, 9.17) is 4.74 Å². The van der Waals surface area contributed by atoms with Gasteiger partial charge in [-0.3, -0.25) is 4.90 Å². The van der Waals surface area contributed by atoms with Gasteiger partial charge in [0.1, 0.15) is 6.61 Å². The van der Waals surface area contributed by atoms with Crippen LogP contribution in [0.2, 0.25) is 0 Å². The molecule has 0 radical (unpaired) electrons. The van der Waals surface area contributed by atoms with Gasteiger partial charge >= 0.3 is 0 Å². The molecule has 118 valence electrons. The van der Waals surface area contributed by atoms with Crippen LogP contribution in [0.4, 0.5) is 8.78 Å². The molecular formula is C15H23F2N3O. The van der Waals surface area contributed by atoms with Gasteiger partial charge < -0.3 is 15.0 Å². The third kappa shape index (κ3) is 4.62. The molecule has 1 aromatic carbocycles. The Morgan fingerprint density at radius 3 is 2.33 bits per heavy atom. The highest BCUT2D eigenvalue weighted by Crippen LogP contribution is 2.23. The third-order valence-electron chi connectivity index (χ3n) is 3.69. The molecule has 1 heterocycles. The predicted molar refractivity (Wildman–Crippen MR) is 78.6 cm³/mol. The topological polar surface area (TPSA) is 27.7 Å². The molecule has 2 rings (SSSR count). The van der Waals surface area contributed by atoms with E-state index < -0.39 is 11.6 Å². The number of hydrogen-bond donors (Lipinski definition) is 1. The van der Waals surface area contributed by atoms with Crippen molar-refractivity contribution in [2.24, 2.45) is 0 Å². The van der Waals surface area contributed by atoms with E-state index in [9.17, 15) is 8.78 Å². The lowest BCUT2D eigenvalue weighted by Gasteiger charge is -2.32. The molecule has 1 aliphatic rings. The van der Waals surface area contributed by atoms with E-state index in [2.05, 4.69) is 22.2 Å². The normalized spacial score (nSPS) is 17.1. The Kier molecular flexibility index (Phi) is 5.90. The van der Waals surface area contributed by atoms with Crippen LogP contribution in [-0.4, -0.2) is 63.2 Å². The third-order valence-corrected chi connectivity index (χ3v) is 3.69. The fourth-order valence-electron chi connectivity index (χ4n) is 2.40. The highest BCUT2D eigenvalue weighted by atomic mass is 19.1. The molecule has 1 N–H and O–H groups in total. The largest absolute Gasteiger partial charge is 0.486 e. The minimum Gasteiger partial charge on any atom is -0.486 e. The van der Waals surface area contributed by atoms with E-state index in [1.54, 1.807) is 7.05 Å². The Hall–Kier alpha value is -1.24. The second-order valence-electron chi connectivity index (χ2n) is 5.41. The van der Waals surface area contributed by atoms with Crippen molar-refractivity contribution in [3.8, 4) is 5.75 Å². The first-order chi connectivity index (χ1) is 10.1. The lowest BCUT2D eigenvalue weighted by atomic mass is 10.2. The Labute approximate surface area is 124 Å². The summed E-state index contributed by atoms with van der Waals surface area (Å²) in [5.74, 6) is -1.55. The van der Waals surface area contributed by atoms with Gasteiger partial charge in [-0.25, -0.2) is 8.78 Å². The van der Waals surface area contributed by atoms with Crippen molar-refractivity contribution < 1.29 is 13.5 Å². The number of likely N-dealkylation sites (N-methyl/N-ethyl adjacent to an activating group) is 1. The van der Waals surface area contributed by atoms with Gasteiger partial charge in [-0.15, -0.1) is 0 Å². The number of nitrogens with zero attached hydrogens (tertiary/aromatic N) is 2. The summed E-state index contributed by atoms with van der Waals surface area (Å²) in [5.41, 5.74) is 0.568. The second kappa shape index (κ2) is 7.68. The first kappa shape index (κ1) is 16.1. The van der Waals surface area contributed by atoms with E-state index in [-0.39, 0.29) is 5.75 Å². The molecule has 0 aromatic heterocycles. The van der Waals surface area contributed by atoms with Crippen molar-refractivity contribution in [1.82, 2.24) is 15.1 Å². The Morgan fingerprint density at radius 2 is 1.76 bits per heavy atom. The zero-order valence-electron chi connectivity index (χ0n) is 12.7. The van der Waals surface area contributed by atoms with Gasteiger partial charge in [0.15, 0.2) is 17.4 Å². The van der Waals surface area contributed by atoms with Crippen LogP contribution in [0.25, 0.3) is 0 Å². The van der Waals surface area contributed by atoms with Gasteiger partial charge in [0, 0.05) is 39.3 Å². The fraction of sp³-hybridized carbons (Fsp3) is 0.600. The molecular weight excluding hydrogens is 276 g/mol. The lowest BCUT2D eigenvalue weighted by Crippen LogP contribution is -2.45. The van der Waals surface area contributed by atoms with Gasteiger partial charge in [-0.2, -0.15) is 0 Å². The van der Waals surface area contributed by atoms with Crippen molar-refractivity contribution in [3.05, 3.63) is 29.3 Å². The highest BCUT2D eigenvalue weighted by molar-refractivity contribution is 5.31. The zero-order chi connectivity index (χ0) is 15.2. The fourth-order valence-corrected chi connectivity index (χ4v) is 2.40. The Morgan fingerprint density at radius 1 is 1.14 bits per heavy atom. The minimum atomic E-state index is -0.640. The SMILES string of the molecule is CNCc1cc(F)c(OCCN2CCN(C)CC2)c(F)c1. The van der Waals surface area contributed by atoms with Crippen LogP contribution in [0.1, 0.15) is 5.56 Å². The smallest absolute Gasteiger partial charge is 0.190 e. The molecule has 0 atom stereocenters. The predicted octanol–water partition coefficient (Wildman–Crippen LogP) is 1.31. The van der Waals surface area contributed by atoms with Crippen LogP contribution in [0.5, 0.6) is 5.75 Å². The summed E-state index contributed by atoms with van der Waals surface area (Å²) in [6, 6.07) is 2.62. The lowest BCUT2D eigenvalue weighted by molar-refractivity contribution is 0.131. The molecule has 6 heteroatoms. The molecule has 1 aliphatic heterocycles. The molecule has 0 spiro atoms. The summed E-state index contributed by atoms with van der Waals surface area (Å²) < 4.78 is 33.0. The van der Waals surface area contributed by atoms with Crippen molar-refractivity contribution in [1.29, 1.82) is 0 Å². The van der Waals surface area contributed by atoms with E-state index in [1.165, 1.54) is 12.1 Å². The van der Waals surface area contributed by atoms with E-state index in [0.717, 1.165) is 26.2 Å². The van der Waals surface area contributed by atoms with Gasteiger partial charge in [-0.05, 0) is 31.8 Å². The molecule has 1 saturated heterocycles. The van der Waals surface area contributed by atoms with Crippen molar-refractivity contribution in [3.63, 3.8) is 0 Å². The summed E-state index contributed by atoms with van der Waals surface area (Å²) in [6.45, 7) is 5.37. The minimum absolute atomic E-state index is 0.274. The van der Waals surface area contributed by atoms with Crippen molar-refractivity contribution in [2.45, 2.75) is 6.54 Å². The first-order valence-electron chi connectivity index (χ1n) is 7.26. The van der Waals surface area contributed by atoms with Gasteiger partial charge in [0.25, 0.3) is 0 Å².